The van der Waals surface area contributed by atoms with Gasteiger partial charge in [0.2, 0.25) is 5.91 Å². The third kappa shape index (κ3) is 4.47. The number of thioether (sulfide) groups is 1. The summed E-state index contributed by atoms with van der Waals surface area (Å²) in [6.07, 6.45) is 6.89. The Morgan fingerprint density at radius 3 is 2.92 bits per heavy atom. The minimum Gasteiger partial charge on any atom is -0.492 e. The molecule has 2 aromatic rings. The van der Waals surface area contributed by atoms with Gasteiger partial charge in [0.15, 0.2) is 5.16 Å². The van der Waals surface area contributed by atoms with Crippen molar-refractivity contribution in [2.45, 2.75) is 36.6 Å². The van der Waals surface area contributed by atoms with Crippen molar-refractivity contribution in [2.75, 3.05) is 13.2 Å². The van der Waals surface area contributed by atoms with Crippen molar-refractivity contribution < 1.29 is 9.53 Å². The monoisotopic (exact) mass is 343 g/mol. The minimum absolute atomic E-state index is 0.0370. The number of hydrogen-bond acceptors (Lipinski definition) is 5. The molecule has 0 saturated heterocycles. The van der Waals surface area contributed by atoms with Crippen LogP contribution in [0.15, 0.2) is 41.8 Å². The van der Waals surface area contributed by atoms with Crippen LogP contribution in [0.3, 0.4) is 0 Å². The summed E-state index contributed by atoms with van der Waals surface area (Å²) in [6, 6.07) is 8.03. The average Bonchev–Trinajstić information content (AvgIpc) is 3.07. The molecule has 0 aliphatic heterocycles. The number of rotatable bonds is 7. The van der Waals surface area contributed by atoms with Gasteiger partial charge < -0.3 is 10.1 Å². The summed E-state index contributed by atoms with van der Waals surface area (Å²) in [5.41, 5.74) is 2.83. The molecule has 1 amide bonds. The Morgan fingerprint density at radius 2 is 2.08 bits per heavy atom. The van der Waals surface area contributed by atoms with Crippen LogP contribution in [-0.2, 0) is 17.6 Å². The van der Waals surface area contributed by atoms with Crippen molar-refractivity contribution in [1.82, 2.24) is 15.3 Å². The van der Waals surface area contributed by atoms with Crippen LogP contribution < -0.4 is 10.1 Å². The second-order valence-corrected chi connectivity index (χ2v) is 7.02. The van der Waals surface area contributed by atoms with Gasteiger partial charge in [-0.3, -0.25) is 4.79 Å². The highest BCUT2D eigenvalue weighted by molar-refractivity contribution is 8.00. The first kappa shape index (κ1) is 16.8. The van der Waals surface area contributed by atoms with Crippen LogP contribution in [0.1, 0.15) is 24.5 Å². The molecule has 1 atom stereocenters. The van der Waals surface area contributed by atoms with Crippen LogP contribution >= 0.6 is 11.8 Å². The van der Waals surface area contributed by atoms with E-state index in [1.165, 1.54) is 35.7 Å². The first-order valence-electron chi connectivity index (χ1n) is 8.18. The van der Waals surface area contributed by atoms with Gasteiger partial charge in [0.1, 0.15) is 12.4 Å². The molecule has 0 saturated carbocycles. The summed E-state index contributed by atoms with van der Waals surface area (Å²) < 4.78 is 5.73. The molecule has 0 unspecified atom stereocenters. The van der Waals surface area contributed by atoms with Gasteiger partial charge in [-0.1, -0.05) is 17.8 Å². The van der Waals surface area contributed by atoms with E-state index in [-0.39, 0.29) is 11.2 Å². The Labute approximate surface area is 146 Å². The zero-order valence-corrected chi connectivity index (χ0v) is 14.5. The van der Waals surface area contributed by atoms with E-state index in [2.05, 4.69) is 27.4 Å². The van der Waals surface area contributed by atoms with Crippen molar-refractivity contribution in [3.63, 3.8) is 0 Å². The van der Waals surface area contributed by atoms with Crippen LogP contribution in [0.25, 0.3) is 0 Å². The van der Waals surface area contributed by atoms with E-state index in [4.69, 9.17) is 4.74 Å². The molecule has 24 heavy (non-hydrogen) atoms. The van der Waals surface area contributed by atoms with Gasteiger partial charge in [-0.2, -0.15) is 0 Å². The van der Waals surface area contributed by atoms with Gasteiger partial charge in [-0.05, 0) is 55.5 Å². The largest absolute Gasteiger partial charge is 0.492 e. The maximum atomic E-state index is 12.1. The summed E-state index contributed by atoms with van der Waals surface area (Å²) in [5, 5.41) is 3.25. The number of hydrogen-bond donors (Lipinski definition) is 1. The molecule has 5 nitrogen and oxygen atoms in total. The number of ether oxygens (including phenoxy) is 1. The molecule has 0 fully saturated rings. The SMILES string of the molecule is C[C@H](Sc1ncccn1)C(=O)NCCOc1ccc2c(c1)CCC2. The lowest BCUT2D eigenvalue weighted by atomic mass is 10.1. The van der Waals surface area contributed by atoms with Crippen LogP contribution in [-0.4, -0.2) is 34.3 Å². The van der Waals surface area contributed by atoms with Crippen molar-refractivity contribution >= 4 is 17.7 Å². The molecule has 126 valence electrons. The molecule has 3 rings (SSSR count). The zero-order valence-electron chi connectivity index (χ0n) is 13.7. The number of carbonyl (C=O) groups is 1. The Bertz CT molecular complexity index is 694. The lowest BCUT2D eigenvalue weighted by Gasteiger charge is -2.12. The van der Waals surface area contributed by atoms with Crippen molar-refractivity contribution in [3.8, 4) is 5.75 Å². The number of nitrogens with zero attached hydrogens (tertiary/aromatic N) is 2. The fourth-order valence-electron chi connectivity index (χ4n) is 2.68. The van der Waals surface area contributed by atoms with Crippen LogP contribution in [0.4, 0.5) is 0 Å². The van der Waals surface area contributed by atoms with Crippen molar-refractivity contribution in [1.29, 1.82) is 0 Å². The van der Waals surface area contributed by atoms with Crippen molar-refractivity contribution in [2.24, 2.45) is 0 Å². The van der Waals surface area contributed by atoms with Gasteiger partial charge in [-0.15, -0.1) is 0 Å². The molecule has 1 aliphatic rings. The molecule has 6 heteroatoms. The van der Waals surface area contributed by atoms with Gasteiger partial charge in [-0.25, -0.2) is 9.97 Å². The van der Waals surface area contributed by atoms with Crippen LogP contribution in [0, 0.1) is 0 Å². The molecular weight excluding hydrogens is 322 g/mol. The maximum absolute atomic E-state index is 12.1. The number of nitrogens with one attached hydrogen (secondary N) is 1. The highest BCUT2D eigenvalue weighted by atomic mass is 32.2. The van der Waals surface area contributed by atoms with Gasteiger partial charge in [0, 0.05) is 12.4 Å². The number of benzene rings is 1. The second kappa shape index (κ2) is 8.15. The normalized spacial score (nSPS) is 14.0. The maximum Gasteiger partial charge on any atom is 0.233 e. The van der Waals surface area contributed by atoms with Crippen LogP contribution in [0.5, 0.6) is 5.75 Å². The fraction of sp³-hybridized carbons (Fsp3) is 0.389. The summed E-state index contributed by atoms with van der Waals surface area (Å²) in [7, 11) is 0. The highest BCUT2D eigenvalue weighted by Gasteiger charge is 2.15. The molecule has 1 aliphatic carbocycles. The molecule has 1 aromatic heterocycles. The Balaban J connectivity index is 1.39. The quantitative estimate of drug-likeness (QED) is 0.476. The van der Waals surface area contributed by atoms with Crippen molar-refractivity contribution in [3.05, 3.63) is 47.8 Å². The third-order valence-electron chi connectivity index (χ3n) is 3.93. The van der Waals surface area contributed by atoms with Crippen LogP contribution in [0.2, 0.25) is 0 Å². The zero-order chi connectivity index (χ0) is 16.8. The predicted octanol–water partition coefficient (Wildman–Crippen LogP) is 2.64. The topological polar surface area (TPSA) is 64.1 Å². The molecule has 0 bridgehead atoms. The van der Waals surface area contributed by atoms with E-state index in [9.17, 15) is 4.79 Å². The first-order chi connectivity index (χ1) is 11.7. The second-order valence-electron chi connectivity index (χ2n) is 5.72. The first-order valence-corrected chi connectivity index (χ1v) is 9.06. The molecule has 1 aromatic carbocycles. The van der Waals surface area contributed by atoms with E-state index in [1.807, 2.05) is 13.0 Å². The fourth-order valence-corrected chi connectivity index (χ4v) is 3.43. The molecular formula is C18H21N3O2S. The van der Waals surface area contributed by atoms with E-state index >= 15 is 0 Å². The summed E-state index contributed by atoms with van der Waals surface area (Å²) in [6.45, 7) is 2.79. The third-order valence-corrected chi connectivity index (χ3v) is 4.92. The lowest BCUT2D eigenvalue weighted by Crippen LogP contribution is -2.34. The van der Waals surface area contributed by atoms with Gasteiger partial charge >= 0.3 is 0 Å². The summed E-state index contributed by atoms with van der Waals surface area (Å²) >= 11 is 1.34. The average molecular weight is 343 g/mol. The van der Waals surface area contributed by atoms with E-state index in [1.54, 1.807) is 18.5 Å². The standard InChI is InChI=1S/C18H21N3O2S/c1-13(24-18-20-8-3-9-21-18)17(22)19-10-11-23-16-7-6-14-4-2-5-15(14)12-16/h3,6-9,12-13H,2,4-5,10-11H2,1H3,(H,19,22)/t13-/m0/s1. The molecule has 0 spiro atoms. The smallest absolute Gasteiger partial charge is 0.233 e. The number of aromatic nitrogens is 2. The van der Waals surface area contributed by atoms with E-state index < -0.39 is 0 Å². The van der Waals surface area contributed by atoms with Gasteiger partial charge in [0.05, 0.1) is 11.8 Å². The molecule has 1 N–H and O–H groups in total. The Morgan fingerprint density at radius 1 is 1.29 bits per heavy atom. The van der Waals surface area contributed by atoms with E-state index in [0.717, 1.165) is 12.2 Å². The number of aryl methyl sites for hydroxylation is 2. The van der Waals surface area contributed by atoms with E-state index in [0.29, 0.717) is 18.3 Å². The van der Waals surface area contributed by atoms with Gasteiger partial charge in [0.25, 0.3) is 0 Å². The number of amides is 1. The number of carbonyl (C=O) groups excluding carboxylic acids is 1. The molecule has 0 radical (unpaired) electrons. The summed E-state index contributed by atoms with van der Waals surface area (Å²) in [4.78, 5) is 20.3. The minimum atomic E-state index is -0.243. The highest BCUT2D eigenvalue weighted by Crippen LogP contribution is 2.25. The number of fused-ring (bicyclic) bond motifs is 1. The Hall–Kier alpha value is -2.08. The lowest BCUT2D eigenvalue weighted by molar-refractivity contribution is -0.120. The molecule has 1 heterocycles. The predicted molar refractivity (Wildman–Crippen MR) is 94.3 cm³/mol. The summed E-state index contributed by atoms with van der Waals surface area (Å²) in [5.74, 6) is 0.843. The Kier molecular flexibility index (Phi) is 5.69.